The van der Waals surface area contributed by atoms with Gasteiger partial charge >= 0.3 is 0 Å². The molecule has 0 aliphatic rings. The van der Waals surface area contributed by atoms with E-state index in [0.29, 0.717) is 0 Å². The molecule has 2 rings (SSSR count). The molecule has 2 heterocycles. The van der Waals surface area contributed by atoms with Crippen LogP contribution in [0.1, 0.15) is 39.1 Å². The maximum Gasteiger partial charge on any atom is 0.0681 e. The van der Waals surface area contributed by atoms with E-state index >= 15 is 0 Å². The SMILES string of the molecule is C=NN(C)/C=C(\C)c1cc2cc(C)n(C(C)(C)C)c2cn1. The van der Waals surface area contributed by atoms with Crippen LogP contribution in [0.5, 0.6) is 0 Å². The molecule has 4 heteroatoms. The number of fused-ring (bicyclic) bond motifs is 1. The highest BCUT2D eigenvalue weighted by molar-refractivity contribution is 5.83. The smallest absolute Gasteiger partial charge is 0.0681 e. The minimum absolute atomic E-state index is 0.0485. The Bertz CT molecular complexity index is 701. The summed E-state index contributed by atoms with van der Waals surface area (Å²) in [5, 5.41) is 6.75. The summed E-state index contributed by atoms with van der Waals surface area (Å²) in [5.74, 6) is 0. The van der Waals surface area contributed by atoms with Crippen molar-refractivity contribution in [2.24, 2.45) is 5.10 Å². The van der Waals surface area contributed by atoms with Gasteiger partial charge in [-0.2, -0.15) is 5.10 Å². The predicted molar refractivity (Wildman–Crippen MR) is 90.4 cm³/mol. The van der Waals surface area contributed by atoms with Gasteiger partial charge in [-0.15, -0.1) is 0 Å². The minimum Gasteiger partial charge on any atom is -0.338 e. The zero-order chi connectivity index (χ0) is 15.8. The van der Waals surface area contributed by atoms with Crippen molar-refractivity contribution < 1.29 is 0 Å². The molecule has 21 heavy (non-hydrogen) atoms. The second kappa shape index (κ2) is 5.35. The van der Waals surface area contributed by atoms with Crippen LogP contribution < -0.4 is 0 Å². The molecule has 112 valence electrons. The molecule has 4 nitrogen and oxygen atoms in total. The lowest BCUT2D eigenvalue weighted by atomic mass is 10.1. The number of hydrogen-bond acceptors (Lipinski definition) is 3. The van der Waals surface area contributed by atoms with Crippen LogP contribution in [0.4, 0.5) is 0 Å². The summed E-state index contributed by atoms with van der Waals surface area (Å²) in [7, 11) is 1.86. The molecule has 0 saturated carbocycles. The molecule has 0 unspecified atom stereocenters. The van der Waals surface area contributed by atoms with E-state index in [1.165, 1.54) is 16.6 Å². The topological polar surface area (TPSA) is 33.4 Å². The van der Waals surface area contributed by atoms with Crippen molar-refractivity contribution in [2.45, 2.75) is 40.2 Å². The maximum atomic E-state index is 4.60. The highest BCUT2D eigenvalue weighted by Crippen LogP contribution is 2.28. The Morgan fingerprint density at radius 2 is 2.05 bits per heavy atom. The fourth-order valence-electron chi connectivity index (χ4n) is 2.74. The van der Waals surface area contributed by atoms with Crippen LogP contribution in [0.15, 0.2) is 29.6 Å². The van der Waals surface area contributed by atoms with E-state index in [0.717, 1.165) is 11.3 Å². The molecule has 0 atom stereocenters. The molecular weight excluding hydrogens is 260 g/mol. The van der Waals surface area contributed by atoms with Crippen LogP contribution in [0.25, 0.3) is 16.5 Å². The summed E-state index contributed by atoms with van der Waals surface area (Å²) in [5.41, 5.74) is 4.50. The third kappa shape index (κ3) is 2.99. The molecule has 0 aliphatic carbocycles. The van der Waals surface area contributed by atoms with Gasteiger partial charge in [-0.25, -0.2) is 0 Å². The van der Waals surface area contributed by atoms with Crippen molar-refractivity contribution in [3.63, 3.8) is 0 Å². The van der Waals surface area contributed by atoms with Gasteiger partial charge in [0.1, 0.15) is 0 Å². The van der Waals surface area contributed by atoms with E-state index in [4.69, 9.17) is 0 Å². The van der Waals surface area contributed by atoms with Crippen LogP contribution in [0.2, 0.25) is 0 Å². The number of aryl methyl sites for hydroxylation is 1. The molecular formula is C17H24N4. The lowest BCUT2D eigenvalue weighted by Crippen LogP contribution is -2.22. The quantitative estimate of drug-likeness (QED) is 0.630. The van der Waals surface area contributed by atoms with Gasteiger partial charge in [-0.3, -0.25) is 9.99 Å². The van der Waals surface area contributed by atoms with Crippen molar-refractivity contribution in [3.8, 4) is 0 Å². The van der Waals surface area contributed by atoms with Crippen LogP contribution in [-0.4, -0.2) is 28.3 Å². The van der Waals surface area contributed by atoms with Crippen LogP contribution >= 0.6 is 0 Å². The number of nitrogens with zero attached hydrogens (tertiary/aromatic N) is 4. The zero-order valence-corrected chi connectivity index (χ0v) is 13.8. The lowest BCUT2D eigenvalue weighted by molar-refractivity contribution is 0.403. The first-order valence-electron chi connectivity index (χ1n) is 7.11. The molecule has 2 aromatic rings. The molecule has 0 amide bonds. The molecule has 0 aliphatic heterocycles. The average molecular weight is 284 g/mol. The van der Waals surface area contributed by atoms with Crippen LogP contribution in [-0.2, 0) is 5.54 Å². The average Bonchev–Trinajstić information content (AvgIpc) is 2.72. The van der Waals surface area contributed by atoms with E-state index in [1.807, 2.05) is 26.4 Å². The summed E-state index contributed by atoms with van der Waals surface area (Å²) in [6.07, 6.45) is 3.89. The number of hydrazone groups is 1. The summed E-state index contributed by atoms with van der Waals surface area (Å²) < 4.78 is 2.33. The Morgan fingerprint density at radius 3 is 2.62 bits per heavy atom. The van der Waals surface area contributed by atoms with E-state index < -0.39 is 0 Å². The van der Waals surface area contributed by atoms with E-state index in [-0.39, 0.29) is 5.54 Å². The first kappa shape index (κ1) is 15.3. The first-order valence-corrected chi connectivity index (χ1v) is 7.11. The largest absolute Gasteiger partial charge is 0.338 e. The molecule has 0 spiro atoms. The van der Waals surface area contributed by atoms with Gasteiger partial charge in [0.15, 0.2) is 0 Å². The lowest BCUT2D eigenvalue weighted by Gasteiger charge is -2.24. The Morgan fingerprint density at radius 1 is 1.38 bits per heavy atom. The van der Waals surface area contributed by atoms with E-state index in [1.54, 1.807) is 5.01 Å². The highest BCUT2D eigenvalue weighted by atomic mass is 15.4. The Kier molecular flexibility index (Phi) is 3.90. The highest BCUT2D eigenvalue weighted by Gasteiger charge is 2.18. The fraction of sp³-hybridized carbons (Fsp3) is 0.412. The molecule has 0 bridgehead atoms. The van der Waals surface area contributed by atoms with E-state index in [9.17, 15) is 0 Å². The third-order valence-electron chi connectivity index (χ3n) is 3.55. The van der Waals surface area contributed by atoms with Crippen molar-refractivity contribution in [1.82, 2.24) is 14.6 Å². The minimum atomic E-state index is 0.0485. The van der Waals surface area contributed by atoms with Gasteiger partial charge in [0.05, 0.1) is 17.4 Å². The molecule has 0 saturated heterocycles. The normalized spacial score (nSPS) is 12.8. The number of pyridine rings is 1. The second-order valence-electron chi connectivity index (χ2n) is 6.45. The van der Waals surface area contributed by atoms with Crippen molar-refractivity contribution in [2.75, 3.05) is 7.05 Å². The van der Waals surface area contributed by atoms with Gasteiger partial charge in [0, 0.05) is 36.6 Å². The fourth-order valence-corrected chi connectivity index (χ4v) is 2.74. The Labute approximate surface area is 126 Å². The number of allylic oxidation sites excluding steroid dienone is 1. The maximum absolute atomic E-state index is 4.60. The standard InChI is InChI=1S/C17H24N4/c1-12(11-20(7)18-6)15-9-14-8-13(2)21(17(3,4)5)16(14)10-19-15/h8-11H,6H2,1-5,7H3/b12-11+. The number of rotatable bonds is 3. The van der Waals surface area contributed by atoms with Gasteiger partial charge in [0.25, 0.3) is 0 Å². The van der Waals surface area contributed by atoms with Crippen molar-refractivity contribution in [1.29, 1.82) is 0 Å². The van der Waals surface area contributed by atoms with Crippen molar-refractivity contribution in [3.05, 3.63) is 35.9 Å². The summed E-state index contributed by atoms with van der Waals surface area (Å²) in [6.45, 7) is 14.3. The second-order valence-corrected chi connectivity index (χ2v) is 6.45. The van der Waals surface area contributed by atoms with Crippen molar-refractivity contribution >= 4 is 23.2 Å². The molecule has 0 fully saturated rings. The van der Waals surface area contributed by atoms with E-state index in [2.05, 4.69) is 61.2 Å². The summed E-state index contributed by atoms with van der Waals surface area (Å²) in [6, 6.07) is 4.35. The van der Waals surface area contributed by atoms with Crippen LogP contribution in [0.3, 0.4) is 0 Å². The molecule has 0 aromatic carbocycles. The molecule has 0 radical (unpaired) electrons. The molecule has 0 N–H and O–H groups in total. The monoisotopic (exact) mass is 284 g/mol. The van der Waals surface area contributed by atoms with Gasteiger partial charge in [-0.05, 0) is 52.3 Å². The third-order valence-corrected chi connectivity index (χ3v) is 3.55. The van der Waals surface area contributed by atoms with Gasteiger partial charge in [-0.1, -0.05) is 0 Å². The first-order chi connectivity index (χ1) is 9.74. The van der Waals surface area contributed by atoms with Gasteiger partial charge < -0.3 is 4.57 Å². The Hall–Kier alpha value is -2.10. The van der Waals surface area contributed by atoms with Gasteiger partial charge in [0.2, 0.25) is 0 Å². The molecule has 2 aromatic heterocycles. The zero-order valence-electron chi connectivity index (χ0n) is 13.8. The summed E-state index contributed by atoms with van der Waals surface area (Å²) in [4.78, 5) is 4.60. The number of hydrogen-bond donors (Lipinski definition) is 0. The number of aromatic nitrogens is 2. The predicted octanol–water partition coefficient (Wildman–Crippen LogP) is 4.01. The van der Waals surface area contributed by atoms with Crippen LogP contribution in [0, 0.1) is 6.92 Å². The Balaban J connectivity index is 2.54. The summed E-state index contributed by atoms with van der Waals surface area (Å²) >= 11 is 0.